The molecule has 0 unspecified atom stereocenters. The molecular formula is C13H13ClN2OS. The molecule has 0 saturated carbocycles. The fourth-order valence-corrected chi connectivity index (χ4v) is 2.73. The third-order valence-corrected chi connectivity index (χ3v) is 4.14. The molecule has 0 bridgehead atoms. The van der Waals surface area contributed by atoms with Crippen LogP contribution >= 0.6 is 22.9 Å². The van der Waals surface area contributed by atoms with Gasteiger partial charge in [0.15, 0.2) is 0 Å². The number of halogens is 1. The number of nitrogens with zero attached hydrogens (tertiary/aromatic N) is 1. The molecule has 0 fully saturated rings. The average molecular weight is 281 g/mol. The van der Waals surface area contributed by atoms with Crippen molar-refractivity contribution in [1.29, 1.82) is 0 Å². The molecule has 1 amide bonds. The monoisotopic (exact) mass is 280 g/mol. The summed E-state index contributed by atoms with van der Waals surface area (Å²) in [5.74, 6) is 0.381. The molecule has 94 valence electrons. The van der Waals surface area contributed by atoms with E-state index >= 15 is 0 Å². The Morgan fingerprint density at radius 2 is 2.28 bits per heavy atom. The van der Waals surface area contributed by atoms with Crippen LogP contribution in [-0.4, -0.2) is 10.9 Å². The van der Waals surface area contributed by atoms with Gasteiger partial charge in [-0.25, -0.2) is 4.98 Å². The van der Waals surface area contributed by atoms with Crippen molar-refractivity contribution in [3.05, 3.63) is 44.7 Å². The SMILES string of the molecule is CCc1sc(C(=O)Nc2ccc(Cl)cn2)cc1C. The van der Waals surface area contributed by atoms with E-state index < -0.39 is 0 Å². The highest BCUT2D eigenvalue weighted by molar-refractivity contribution is 7.14. The van der Waals surface area contributed by atoms with E-state index in [2.05, 4.69) is 17.2 Å². The summed E-state index contributed by atoms with van der Waals surface area (Å²) >= 11 is 7.26. The van der Waals surface area contributed by atoms with Crippen molar-refractivity contribution in [1.82, 2.24) is 4.98 Å². The van der Waals surface area contributed by atoms with E-state index in [1.807, 2.05) is 13.0 Å². The first-order valence-electron chi connectivity index (χ1n) is 5.62. The summed E-state index contributed by atoms with van der Waals surface area (Å²) in [5.41, 5.74) is 1.16. The summed E-state index contributed by atoms with van der Waals surface area (Å²) in [7, 11) is 0. The van der Waals surface area contributed by atoms with Crippen molar-refractivity contribution in [2.45, 2.75) is 20.3 Å². The zero-order valence-electron chi connectivity index (χ0n) is 10.2. The number of anilines is 1. The maximum absolute atomic E-state index is 12.0. The van der Waals surface area contributed by atoms with E-state index in [1.54, 1.807) is 12.1 Å². The predicted octanol–water partition coefficient (Wildman–Crippen LogP) is 3.92. The molecule has 2 rings (SSSR count). The van der Waals surface area contributed by atoms with Gasteiger partial charge in [-0.3, -0.25) is 4.79 Å². The van der Waals surface area contributed by atoms with E-state index in [9.17, 15) is 4.79 Å². The molecule has 2 aromatic rings. The average Bonchev–Trinajstić information content (AvgIpc) is 2.73. The first kappa shape index (κ1) is 13.1. The van der Waals surface area contributed by atoms with Gasteiger partial charge in [0.05, 0.1) is 9.90 Å². The molecule has 3 nitrogen and oxygen atoms in total. The number of aryl methyl sites for hydroxylation is 2. The number of hydrogen-bond donors (Lipinski definition) is 1. The molecule has 0 atom stereocenters. The highest BCUT2D eigenvalue weighted by Crippen LogP contribution is 2.23. The number of amides is 1. The van der Waals surface area contributed by atoms with Gasteiger partial charge in [0, 0.05) is 11.1 Å². The normalized spacial score (nSPS) is 10.4. The summed E-state index contributed by atoms with van der Waals surface area (Å²) in [4.78, 5) is 18.0. The second kappa shape index (κ2) is 5.50. The Bertz CT molecular complexity index is 563. The smallest absolute Gasteiger partial charge is 0.266 e. The third kappa shape index (κ3) is 2.89. The lowest BCUT2D eigenvalue weighted by molar-refractivity contribution is 0.103. The van der Waals surface area contributed by atoms with Crippen LogP contribution in [0.4, 0.5) is 5.82 Å². The van der Waals surface area contributed by atoms with Crippen LogP contribution in [0.3, 0.4) is 0 Å². The molecule has 0 radical (unpaired) electrons. The Labute approximate surface area is 115 Å². The van der Waals surface area contributed by atoms with E-state index in [-0.39, 0.29) is 5.91 Å². The van der Waals surface area contributed by atoms with Gasteiger partial charge in [-0.15, -0.1) is 11.3 Å². The fraction of sp³-hybridized carbons (Fsp3) is 0.231. The maximum Gasteiger partial charge on any atom is 0.266 e. The second-order valence-corrected chi connectivity index (χ2v) is 5.46. The highest BCUT2D eigenvalue weighted by Gasteiger charge is 2.12. The maximum atomic E-state index is 12.0. The molecular weight excluding hydrogens is 268 g/mol. The van der Waals surface area contributed by atoms with E-state index in [0.717, 1.165) is 12.0 Å². The lowest BCUT2D eigenvalue weighted by atomic mass is 10.2. The molecule has 2 aromatic heterocycles. The van der Waals surface area contributed by atoms with Crippen molar-refractivity contribution in [2.75, 3.05) is 5.32 Å². The van der Waals surface area contributed by atoms with Gasteiger partial charge in [0.1, 0.15) is 5.82 Å². The molecule has 18 heavy (non-hydrogen) atoms. The van der Waals surface area contributed by atoms with Gasteiger partial charge >= 0.3 is 0 Å². The molecule has 0 aliphatic rings. The standard InChI is InChI=1S/C13H13ClN2OS/c1-3-10-8(2)6-11(18-10)13(17)16-12-5-4-9(14)7-15-12/h4-7H,3H2,1-2H3,(H,15,16,17). The Kier molecular flexibility index (Phi) is 3.99. The summed E-state index contributed by atoms with van der Waals surface area (Å²) in [6, 6.07) is 5.29. The minimum Gasteiger partial charge on any atom is -0.306 e. The minimum atomic E-state index is -0.127. The number of aromatic nitrogens is 1. The van der Waals surface area contributed by atoms with Gasteiger partial charge in [-0.05, 0) is 37.1 Å². The molecule has 0 aromatic carbocycles. The summed E-state index contributed by atoms with van der Waals surface area (Å²) in [6.45, 7) is 4.11. The van der Waals surface area contributed by atoms with Crippen molar-refractivity contribution >= 4 is 34.7 Å². The third-order valence-electron chi connectivity index (χ3n) is 2.53. The largest absolute Gasteiger partial charge is 0.306 e. The summed E-state index contributed by atoms with van der Waals surface area (Å²) in [5, 5.41) is 3.30. The summed E-state index contributed by atoms with van der Waals surface area (Å²) in [6.07, 6.45) is 2.46. The topological polar surface area (TPSA) is 42.0 Å². The molecule has 0 aliphatic heterocycles. The van der Waals surface area contributed by atoms with Crippen LogP contribution in [0.25, 0.3) is 0 Å². The van der Waals surface area contributed by atoms with E-state index in [1.165, 1.54) is 22.4 Å². The Hall–Kier alpha value is -1.39. The summed E-state index contributed by atoms with van der Waals surface area (Å²) < 4.78 is 0. The van der Waals surface area contributed by atoms with Crippen LogP contribution in [0.5, 0.6) is 0 Å². The Morgan fingerprint density at radius 3 is 2.83 bits per heavy atom. The zero-order chi connectivity index (χ0) is 13.1. The lowest BCUT2D eigenvalue weighted by Gasteiger charge is -2.01. The van der Waals surface area contributed by atoms with Crippen LogP contribution in [0.2, 0.25) is 5.02 Å². The highest BCUT2D eigenvalue weighted by atomic mass is 35.5. The number of rotatable bonds is 3. The number of carbonyl (C=O) groups is 1. The van der Waals surface area contributed by atoms with E-state index in [0.29, 0.717) is 15.7 Å². The van der Waals surface area contributed by atoms with Gasteiger partial charge in [-0.1, -0.05) is 18.5 Å². The quantitative estimate of drug-likeness (QED) is 0.926. The van der Waals surface area contributed by atoms with Gasteiger partial charge in [-0.2, -0.15) is 0 Å². The molecule has 0 spiro atoms. The number of thiophene rings is 1. The first-order valence-corrected chi connectivity index (χ1v) is 6.81. The lowest BCUT2D eigenvalue weighted by Crippen LogP contribution is -2.11. The van der Waals surface area contributed by atoms with Crippen LogP contribution < -0.4 is 5.32 Å². The number of carbonyl (C=O) groups excluding carboxylic acids is 1. The van der Waals surface area contributed by atoms with Crippen molar-refractivity contribution in [3.8, 4) is 0 Å². The van der Waals surface area contributed by atoms with Gasteiger partial charge in [0.25, 0.3) is 5.91 Å². The van der Waals surface area contributed by atoms with Gasteiger partial charge < -0.3 is 5.32 Å². The number of hydrogen-bond acceptors (Lipinski definition) is 3. The molecule has 5 heteroatoms. The van der Waals surface area contributed by atoms with Crippen LogP contribution in [0.1, 0.15) is 27.0 Å². The van der Waals surface area contributed by atoms with Crippen molar-refractivity contribution in [3.63, 3.8) is 0 Å². The molecule has 2 heterocycles. The van der Waals surface area contributed by atoms with Crippen LogP contribution in [0.15, 0.2) is 24.4 Å². The molecule has 1 N–H and O–H groups in total. The van der Waals surface area contributed by atoms with E-state index in [4.69, 9.17) is 11.6 Å². The minimum absolute atomic E-state index is 0.127. The first-order chi connectivity index (χ1) is 8.60. The second-order valence-electron chi connectivity index (χ2n) is 3.89. The molecule has 0 aliphatic carbocycles. The van der Waals surface area contributed by atoms with Crippen LogP contribution in [-0.2, 0) is 6.42 Å². The van der Waals surface area contributed by atoms with Crippen molar-refractivity contribution in [2.24, 2.45) is 0 Å². The van der Waals surface area contributed by atoms with Crippen LogP contribution in [0, 0.1) is 6.92 Å². The van der Waals surface area contributed by atoms with Gasteiger partial charge in [0.2, 0.25) is 0 Å². The number of nitrogens with one attached hydrogen (secondary N) is 1. The Balaban J connectivity index is 2.14. The zero-order valence-corrected chi connectivity index (χ0v) is 11.7. The fourth-order valence-electron chi connectivity index (χ4n) is 1.61. The molecule has 0 saturated heterocycles. The Morgan fingerprint density at radius 1 is 1.50 bits per heavy atom. The predicted molar refractivity (Wildman–Crippen MR) is 75.6 cm³/mol. The number of pyridine rings is 1. The van der Waals surface area contributed by atoms with Crippen molar-refractivity contribution < 1.29 is 4.79 Å².